The molecule has 1 aliphatic heterocycles. The Kier molecular flexibility index (Phi) is 6.16. The van der Waals surface area contributed by atoms with Crippen LogP contribution in [0.4, 0.5) is 0 Å². The van der Waals surface area contributed by atoms with Crippen LogP contribution in [0.2, 0.25) is 0 Å². The molecular weight excluding hydrogens is 300 g/mol. The number of piperidine rings is 1. The summed E-state index contributed by atoms with van der Waals surface area (Å²) in [6.07, 6.45) is 2.47. The van der Waals surface area contributed by atoms with Gasteiger partial charge in [0.1, 0.15) is 5.78 Å². The van der Waals surface area contributed by atoms with Crippen LogP contribution in [0.1, 0.15) is 52.5 Å². The topological polar surface area (TPSA) is 49.4 Å². The molecule has 4 heteroatoms. The second kappa shape index (κ2) is 7.93. The minimum atomic E-state index is -0.398. The maximum absolute atomic E-state index is 12.4. The number of ketones is 1. The Morgan fingerprint density at radius 2 is 1.75 bits per heavy atom. The van der Waals surface area contributed by atoms with E-state index in [2.05, 4.69) is 29.3 Å². The first-order chi connectivity index (χ1) is 11.4. The lowest BCUT2D eigenvalue weighted by atomic mass is 9.70. The number of nitrogens with zero attached hydrogens (tertiary/aromatic N) is 1. The van der Waals surface area contributed by atoms with E-state index in [9.17, 15) is 9.59 Å². The summed E-state index contributed by atoms with van der Waals surface area (Å²) in [4.78, 5) is 27.0. The van der Waals surface area contributed by atoms with Gasteiger partial charge in [0.05, 0.1) is 11.5 Å². The standard InChI is InChI=1S/C20H30N2O2/c1-5-15(2)21-19(24)16(3)22-13-11-20(12-14-22,17(4)23)18-9-7-6-8-10-18/h6-10,15-16H,5,11-14H2,1-4H3,(H,21,24). The van der Waals surface area contributed by atoms with E-state index in [4.69, 9.17) is 0 Å². The molecule has 0 bridgehead atoms. The normalized spacial score (nSPS) is 20.2. The van der Waals surface area contributed by atoms with Crippen molar-refractivity contribution in [3.63, 3.8) is 0 Å². The van der Waals surface area contributed by atoms with Crippen molar-refractivity contribution in [2.24, 2.45) is 0 Å². The highest BCUT2D eigenvalue weighted by molar-refractivity contribution is 5.88. The number of nitrogens with one attached hydrogen (secondary N) is 1. The van der Waals surface area contributed by atoms with E-state index in [0.717, 1.165) is 37.9 Å². The van der Waals surface area contributed by atoms with Crippen LogP contribution in [0.3, 0.4) is 0 Å². The quantitative estimate of drug-likeness (QED) is 0.872. The fourth-order valence-electron chi connectivity index (χ4n) is 3.53. The summed E-state index contributed by atoms with van der Waals surface area (Å²) in [5, 5.41) is 3.05. The minimum Gasteiger partial charge on any atom is -0.352 e. The fourth-order valence-corrected chi connectivity index (χ4v) is 3.53. The molecule has 1 N–H and O–H groups in total. The highest BCUT2D eigenvalue weighted by Crippen LogP contribution is 2.36. The average molecular weight is 330 g/mol. The first kappa shape index (κ1) is 18.7. The molecule has 2 unspecified atom stereocenters. The number of hydrogen-bond acceptors (Lipinski definition) is 3. The molecule has 1 aromatic carbocycles. The summed E-state index contributed by atoms with van der Waals surface area (Å²) < 4.78 is 0. The molecule has 1 fully saturated rings. The number of rotatable bonds is 6. The highest BCUT2D eigenvalue weighted by Gasteiger charge is 2.41. The van der Waals surface area contributed by atoms with Crippen molar-refractivity contribution >= 4 is 11.7 Å². The van der Waals surface area contributed by atoms with Gasteiger partial charge in [-0.25, -0.2) is 0 Å². The SMILES string of the molecule is CCC(C)NC(=O)C(C)N1CCC(C(C)=O)(c2ccccc2)CC1. The van der Waals surface area contributed by atoms with Gasteiger partial charge in [-0.3, -0.25) is 14.5 Å². The van der Waals surface area contributed by atoms with Gasteiger partial charge in [0.2, 0.25) is 5.91 Å². The van der Waals surface area contributed by atoms with Gasteiger partial charge in [0.25, 0.3) is 0 Å². The maximum atomic E-state index is 12.4. The van der Waals surface area contributed by atoms with Crippen LogP contribution in [0.25, 0.3) is 0 Å². The summed E-state index contributed by atoms with van der Waals surface area (Å²) in [6.45, 7) is 9.28. The molecule has 1 heterocycles. The van der Waals surface area contributed by atoms with Gasteiger partial charge in [-0.15, -0.1) is 0 Å². The van der Waals surface area contributed by atoms with Crippen molar-refractivity contribution in [2.75, 3.05) is 13.1 Å². The lowest BCUT2D eigenvalue weighted by molar-refractivity contribution is -0.128. The number of hydrogen-bond donors (Lipinski definition) is 1. The molecule has 0 aromatic heterocycles. The van der Waals surface area contributed by atoms with Crippen molar-refractivity contribution < 1.29 is 9.59 Å². The summed E-state index contributed by atoms with van der Waals surface area (Å²) in [5.74, 6) is 0.310. The van der Waals surface area contributed by atoms with Gasteiger partial charge in [-0.05, 0) is 45.6 Å². The Balaban J connectivity index is 2.06. The predicted molar refractivity (Wildman–Crippen MR) is 97.0 cm³/mol. The minimum absolute atomic E-state index is 0.0828. The third kappa shape index (κ3) is 3.86. The highest BCUT2D eigenvalue weighted by atomic mass is 16.2. The lowest BCUT2D eigenvalue weighted by Crippen LogP contribution is -2.53. The van der Waals surface area contributed by atoms with Crippen molar-refractivity contribution in [3.05, 3.63) is 35.9 Å². The zero-order chi connectivity index (χ0) is 17.7. The monoisotopic (exact) mass is 330 g/mol. The van der Waals surface area contributed by atoms with Gasteiger partial charge >= 0.3 is 0 Å². The second-order valence-corrected chi connectivity index (χ2v) is 7.03. The van der Waals surface area contributed by atoms with E-state index in [1.54, 1.807) is 6.92 Å². The number of Topliss-reactive ketones (excluding diaryl/α,β-unsaturated/α-hetero) is 1. The largest absolute Gasteiger partial charge is 0.352 e. The molecule has 0 radical (unpaired) electrons. The summed E-state index contributed by atoms with van der Waals surface area (Å²) in [5.41, 5.74) is 0.707. The van der Waals surface area contributed by atoms with Crippen molar-refractivity contribution in [2.45, 2.75) is 64.5 Å². The number of carbonyl (C=O) groups excluding carboxylic acids is 2. The van der Waals surface area contributed by atoms with Crippen LogP contribution in [-0.2, 0) is 15.0 Å². The fraction of sp³-hybridized carbons (Fsp3) is 0.600. The molecule has 0 aliphatic carbocycles. The van der Waals surface area contributed by atoms with Crippen molar-refractivity contribution in [3.8, 4) is 0 Å². The Hall–Kier alpha value is -1.68. The molecule has 1 saturated heterocycles. The Labute approximate surface area is 145 Å². The van der Waals surface area contributed by atoms with E-state index >= 15 is 0 Å². The molecule has 0 saturated carbocycles. The molecule has 1 amide bonds. The molecule has 0 spiro atoms. The van der Waals surface area contributed by atoms with E-state index in [1.165, 1.54) is 0 Å². The smallest absolute Gasteiger partial charge is 0.237 e. The molecule has 1 aromatic rings. The summed E-state index contributed by atoms with van der Waals surface area (Å²) in [7, 11) is 0. The number of carbonyl (C=O) groups is 2. The molecule has 2 atom stereocenters. The van der Waals surface area contributed by atoms with Crippen LogP contribution in [0.15, 0.2) is 30.3 Å². The number of benzene rings is 1. The molecule has 2 rings (SSSR count). The van der Waals surface area contributed by atoms with Crippen LogP contribution >= 0.6 is 0 Å². The molecule has 1 aliphatic rings. The summed E-state index contributed by atoms with van der Waals surface area (Å²) >= 11 is 0. The van der Waals surface area contributed by atoms with E-state index in [0.29, 0.717) is 0 Å². The third-order valence-electron chi connectivity index (χ3n) is 5.58. The first-order valence-corrected chi connectivity index (χ1v) is 9.01. The van der Waals surface area contributed by atoms with Crippen molar-refractivity contribution in [1.82, 2.24) is 10.2 Å². The van der Waals surface area contributed by atoms with Crippen LogP contribution in [0, 0.1) is 0 Å². The van der Waals surface area contributed by atoms with Gasteiger partial charge in [0.15, 0.2) is 0 Å². The van der Waals surface area contributed by atoms with Gasteiger partial charge in [0, 0.05) is 19.1 Å². The zero-order valence-electron chi connectivity index (χ0n) is 15.3. The number of likely N-dealkylation sites (tertiary alicyclic amines) is 1. The number of amides is 1. The Morgan fingerprint density at radius 3 is 2.25 bits per heavy atom. The van der Waals surface area contributed by atoms with E-state index in [1.807, 2.05) is 32.0 Å². The van der Waals surface area contributed by atoms with Crippen LogP contribution < -0.4 is 5.32 Å². The Morgan fingerprint density at radius 1 is 1.17 bits per heavy atom. The summed E-state index contributed by atoms with van der Waals surface area (Å²) in [6, 6.07) is 10.1. The molecule has 4 nitrogen and oxygen atoms in total. The third-order valence-corrected chi connectivity index (χ3v) is 5.58. The molecule has 24 heavy (non-hydrogen) atoms. The average Bonchev–Trinajstić information content (AvgIpc) is 2.61. The van der Waals surface area contributed by atoms with Crippen LogP contribution in [-0.4, -0.2) is 41.8 Å². The maximum Gasteiger partial charge on any atom is 0.237 e. The zero-order valence-corrected chi connectivity index (χ0v) is 15.3. The van der Waals surface area contributed by atoms with Gasteiger partial charge in [-0.2, -0.15) is 0 Å². The van der Waals surface area contributed by atoms with E-state index < -0.39 is 5.41 Å². The van der Waals surface area contributed by atoms with Gasteiger partial charge < -0.3 is 5.32 Å². The van der Waals surface area contributed by atoms with Crippen LogP contribution in [0.5, 0.6) is 0 Å². The predicted octanol–water partition coefficient (Wildman–Crippen LogP) is 2.91. The lowest BCUT2D eigenvalue weighted by Gasteiger charge is -2.42. The second-order valence-electron chi connectivity index (χ2n) is 7.03. The van der Waals surface area contributed by atoms with E-state index in [-0.39, 0.29) is 23.8 Å². The van der Waals surface area contributed by atoms with Crippen molar-refractivity contribution in [1.29, 1.82) is 0 Å². The molecular formula is C20H30N2O2. The first-order valence-electron chi connectivity index (χ1n) is 9.01. The Bertz CT molecular complexity index is 562. The molecule has 132 valence electrons. The van der Waals surface area contributed by atoms with Gasteiger partial charge in [-0.1, -0.05) is 37.3 Å².